The maximum Gasteiger partial charge on any atom is 0.311 e. The Morgan fingerprint density at radius 2 is 0.533 bits per heavy atom. The molecule has 2 aromatic heterocycles. The highest BCUT2D eigenvalue weighted by Gasteiger charge is 2.19. The third-order valence-electron chi connectivity index (χ3n) is 15.9. The maximum absolute atomic E-state index is 12.8. The number of carbonyl (C=O) groups excluding carboxylic acids is 2. The van der Waals surface area contributed by atoms with Gasteiger partial charge in [-0.15, -0.1) is 10.2 Å². The van der Waals surface area contributed by atoms with Crippen LogP contribution in [-0.4, -0.2) is 41.9 Å². The zero-order chi connectivity index (χ0) is 61.1. The van der Waals surface area contributed by atoms with E-state index in [9.17, 15) is 9.59 Å². The van der Waals surface area contributed by atoms with Crippen molar-refractivity contribution in [2.75, 3.05) is 0 Å². The van der Waals surface area contributed by atoms with E-state index in [0.29, 0.717) is 50.3 Å². The number of hydrogen-bond acceptors (Lipinski definition) is 8. The minimum absolute atomic E-state index is 0.267. The smallest absolute Gasteiger partial charge is 0.311 e. The Labute approximate surface area is 526 Å². The number of esters is 2. The fourth-order valence-electron chi connectivity index (χ4n) is 11.4. The second-order valence-electron chi connectivity index (χ2n) is 22.2. The van der Waals surface area contributed by atoms with Gasteiger partial charge in [-0.25, -0.2) is 0 Å². The number of rotatable bonds is 25. The van der Waals surface area contributed by atoms with Crippen LogP contribution in [0.25, 0.3) is 55.9 Å². The SMILES string of the molecule is O=C(CCCCCn1cc(-c2ccc(C(=C(c3ccccc3)c3ccccc3)c3ccccc3)cc2)nn1)Oc1ccc(-c2ccc(OC(=O)CCCCCn3cc(-c4ccc(C(=C(c5ccccc5)c5ccccc5)c5ccccc5)cc4)nn3)cc2)cc1. The highest BCUT2D eigenvalue weighted by molar-refractivity contribution is 6.06. The highest BCUT2D eigenvalue weighted by Crippen LogP contribution is 2.39. The minimum atomic E-state index is -0.267. The molecule has 10 nitrogen and oxygen atoms in total. The molecule has 0 atom stereocenters. The van der Waals surface area contributed by atoms with Crippen molar-refractivity contribution in [2.24, 2.45) is 0 Å². The van der Waals surface area contributed by atoms with E-state index in [4.69, 9.17) is 9.47 Å². The van der Waals surface area contributed by atoms with Crippen LogP contribution in [0, 0.1) is 0 Å². The Hall–Kier alpha value is -11.1. The Kier molecular flexibility index (Phi) is 19.4. The topological polar surface area (TPSA) is 114 Å². The summed E-state index contributed by atoms with van der Waals surface area (Å²) in [6.45, 7) is 1.39. The average molecular weight is 1180 g/mol. The molecule has 0 unspecified atom stereocenters. The summed E-state index contributed by atoms with van der Waals surface area (Å²) < 4.78 is 15.1. The highest BCUT2D eigenvalue weighted by atomic mass is 16.5. The lowest BCUT2D eigenvalue weighted by molar-refractivity contribution is -0.135. The van der Waals surface area contributed by atoms with E-state index < -0.39 is 0 Å². The first-order valence-corrected chi connectivity index (χ1v) is 30.9. The molecule has 12 aromatic rings. The molecular formula is C80H68N6O4. The molecule has 0 radical (unpaired) electrons. The lowest BCUT2D eigenvalue weighted by atomic mass is 9.85. The first-order valence-electron chi connectivity index (χ1n) is 30.9. The van der Waals surface area contributed by atoms with E-state index in [0.717, 1.165) is 115 Å². The molecule has 10 heteroatoms. The number of carbonyl (C=O) groups is 2. The molecule has 0 saturated heterocycles. The van der Waals surface area contributed by atoms with E-state index >= 15 is 0 Å². The predicted octanol–water partition coefficient (Wildman–Crippen LogP) is 18.2. The van der Waals surface area contributed by atoms with Gasteiger partial charge >= 0.3 is 11.9 Å². The molecule has 2 heterocycles. The van der Waals surface area contributed by atoms with E-state index in [1.165, 1.54) is 11.1 Å². The van der Waals surface area contributed by atoms with Gasteiger partial charge in [-0.05, 0) is 128 Å². The summed E-state index contributed by atoms with van der Waals surface area (Å²) in [7, 11) is 0. The van der Waals surface area contributed by atoms with Crippen LogP contribution in [0.1, 0.15) is 95.9 Å². The van der Waals surface area contributed by atoms with Crippen LogP contribution in [0.3, 0.4) is 0 Å². The molecule has 10 aromatic carbocycles. The van der Waals surface area contributed by atoms with E-state index in [2.05, 4.69) is 251 Å². The Bertz CT molecular complexity index is 3960. The zero-order valence-corrected chi connectivity index (χ0v) is 50.1. The van der Waals surface area contributed by atoms with Crippen LogP contribution in [0.4, 0.5) is 0 Å². The molecule has 0 N–H and O–H groups in total. The number of aryl methyl sites for hydroxylation is 2. The molecule has 0 spiro atoms. The Morgan fingerprint density at radius 1 is 0.278 bits per heavy atom. The predicted molar refractivity (Wildman–Crippen MR) is 360 cm³/mol. The van der Waals surface area contributed by atoms with E-state index in [1.54, 1.807) is 24.3 Å². The van der Waals surface area contributed by atoms with Gasteiger partial charge in [-0.2, -0.15) is 0 Å². The standard InChI is InChI=1S/C80H68N6O4/c87-75(37-21-7-23-55-85-57-73(81-83-85)61-39-43-69(44-40-61)79(67-33-17-5-18-34-67)77(63-25-9-1-10-26-63)64-27-11-2-12-28-64)89-71-51-47-59(48-52-71)60-49-53-72(54-50-60)90-76(88)38-22-8-24-56-86-58-74(82-84-86)62-41-45-70(46-42-62)80(68-35-19-6-20-36-68)78(65-29-13-3-14-30-65)66-31-15-4-16-32-66/h1-6,9-20,25-36,39-54,57-58H,7-8,21-24,37-38,55-56H2. The molecule has 90 heavy (non-hydrogen) atoms. The van der Waals surface area contributed by atoms with Crippen LogP contribution in [0.5, 0.6) is 11.5 Å². The first kappa shape index (κ1) is 59.2. The molecule has 0 aliphatic rings. The lowest BCUT2D eigenvalue weighted by Gasteiger charge is -2.18. The van der Waals surface area contributed by atoms with Crippen LogP contribution in [-0.2, 0) is 22.7 Å². The number of nitrogens with zero attached hydrogens (tertiary/aromatic N) is 6. The van der Waals surface area contributed by atoms with Crippen molar-refractivity contribution < 1.29 is 19.1 Å². The van der Waals surface area contributed by atoms with Crippen LogP contribution in [0.2, 0.25) is 0 Å². The maximum atomic E-state index is 12.8. The summed E-state index contributed by atoms with van der Waals surface area (Å²) in [5, 5.41) is 17.9. The molecule has 0 saturated carbocycles. The fraction of sp³-hybridized carbons (Fsp3) is 0.125. The summed E-state index contributed by atoms with van der Waals surface area (Å²) in [6.07, 6.45) is 9.40. The monoisotopic (exact) mass is 1180 g/mol. The van der Waals surface area contributed by atoms with Crippen molar-refractivity contribution in [1.29, 1.82) is 0 Å². The van der Waals surface area contributed by atoms with Crippen LogP contribution < -0.4 is 9.47 Å². The van der Waals surface area contributed by atoms with Gasteiger partial charge in [0.1, 0.15) is 22.9 Å². The molecule has 0 amide bonds. The average Bonchev–Trinajstić information content (AvgIpc) is 2.00. The number of unbranched alkanes of at least 4 members (excludes halogenated alkanes) is 4. The van der Waals surface area contributed by atoms with E-state index in [-0.39, 0.29) is 11.9 Å². The van der Waals surface area contributed by atoms with Crippen molar-refractivity contribution in [3.05, 3.63) is 336 Å². The van der Waals surface area contributed by atoms with Gasteiger partial charge in [0.25, 0.3) is 0 Å². The van der Waals surface area contributed by atoms with Gasteiger partial charge < -0.3 is 9.47 Å². The molecule has 12 rings (SSSR count). The third-order valence-corrected chi connectivity index (χ3v) is 15.9. The second kappa shape index (κ2) is 29.5. The first-order chi connectivity index (χ1) is 44.5. The summed E-state index contributed by atoms with van der Waals surface area (Å²) >= 11 is 0. The summed E-state index contributed by atoms with van der Waals surface area (Å²) in [4.78, 5) is 25.7. The van der Waals surface area contributed by atoms with E-state index in [1.807, 2.05) is 46.0 Å². The fourth-order valence-corrected chi connectivity index (χ4v) is 11.4. The number of hydrogen-bond donors (Lipinski definition) is 0. The van der Waals surface area contributed by atoms with Crippen molar-refractivity contribution in [3.8, 4) is 45.1 Å². The van der Waals surface area contributed by atoms with Crippen molar-refractivity contribution in [2.45, 2.75) is 64.5 Å². The molecule has 0 bridgehead atoms. The van der Waals surface area contributed by atoms with Crippen LogP contribution in [0.15, 0.2) is 291 Å². The summed E-state index contributed by atoms with van der Waals surface area (Å²) in [5.41, 5.74) is 19.3. The quantitative estimate of drug-likeness (QED) is 0.0241. The van der Waals surface area contributed by atoms with Gasteiger partial charge in [0.2, 0.25) is 0 Å². The number of ether oxygens (including phenoxy) is 2. The largest absolute Gasteiger partial charge is 0.427 e. The molecule has 442 valence electrons. The molecule has 0 aliphatic heterocycles. The molecular weight excluding hydrogens is 1110 g/mol. The van der Waals surface area contributed by atoms with Gasteiger partial charge in [0.15, 0.2) is 0 Å². The van der Waals surface area contributed by atoms with Crippen LogP contribution >= 0.6 is 0 Å². The zero-order valence-electron chi connectivity index (χ0n) is 50.1. The van der Waals surface area contributed by atoms with Crippen molar-refractivity contribution in [1.82, 2.24) is 30.0 Å². The minimum Gasteiger partial charge on any atom is -0.427 e. The summed E-state index contributed by atoms with van der Waals surface area (Å²) in [5.74, 6) is 0.455. The van der Waals surface area contributed by atoms with Crippen molar-refractivity contribution in [3.63, 3.8) is 0 Å². The Balaban J connectivity index is 0.558. The number of aromatic nitrogens is 6. The molecule has 0 aliphatic carbocycles. The normalized spacial score (nSPS) is 11.0. The van der Waals surface area contributed by atoms with Gasteiger partial charge in [0, 0.05) is 37.1 Å². The van der Waals surface area contributed by atoms with Gasteiger partial charge in [-0.3, -0.25) is 19.0 Å². The lowest BCUT2D eigenvalue weighted by Crippen LogP contribution is -2.08. The molecule has 0 fully saturated rings. The van der Waals surface area contributed by atoms with Gasteiger partial charge in [0.05, 0.1) is 12.4 Å². The van der Waals surface area contributed by atoms with Gasteiger partial charge in [-0.1, -0.05) is 278 Å². The second-order valence-corrected chi connectivity index (χ2v) is 22.2. The summed E-state index contributed by atoms with van der Waals surface area (Å²) in [6, 6.07) is 95.5. The third kappa shape index (κ3) is 15.2. The Morgan fingerprint density at radius 3 is 0.811 bits per heavy atom. The van der Waals surface area contributed by atoms with Crippen molar-refractivity contribution >= 4 is 34.2 Å². The number of benzene rings is 10.